The number of benzene rings is 1. The van der Waals surface area contributed by atoms with Gasteiger partial charge in [-0.05, 0) is 24.1 Å². The van der Waals surface area contributed by atoms with Gasteiger partial charge >= 0.3 is 0 Å². The van der Waals surface area contributed by atoms with Crippen molar-refractivity contribution < 1.29 is 4.39 Å². The van der Waals surface area contributed by atoms with Crippen LogP contribution in [-0.2, 0) is 6.42 Å². The van der Waals surface area contributed by atoms with E-state index >= 15 is 0 Å². The number of halogens is 2. The Labute approximate surface area is 133 Å². The predicted molar refractivity (Wildman–Crippen MR) is 89.0 cm³/mol. The summed E-state index contributed by atoms with van der Waals surface area (Å²) in [5.41, 5.74) is 3.93. The number of hydrazine groups is 1. The summed E-state index contributed by atoms with van der Waals surface area (Å²) >= 11 is 9.81. The number of nitrogens with two attached hydrogens (primary N) is 1. The normalized spacial score (nSPS) is 28.4. The molecule has 2 rings (SSSR count). The maximum Gasteiger partial charge on any atom is 0.141 e. The highest BCUT2D eigenvalue weighted by atomic mass is 35.5. The molecular weight excluding hydrogens is 315 g/mol. The quantitative estimate of drug-likeness (QED) is 0.653. The molecule has 3 N–H and O–H groups in total. The summed E-state index contributed by atoms with van der Waals surface area (Å²) < 4.78 is 13.2. The van der Waals surface area contributed by atoms with Gasteiger partial charge < -0.3 is 0 Å². The SMILES string of the molecule is CC1SCC(C(Cc2ccc(F)c(Cl)c2)NN)SC1C. The monoisotopic (exact) mass is 334 g/mol. The van der Waals surface area contributed by atoms with Crippen molar-refractivity contribution in [1.82, 2.24) is 5.43 Å². The fourth-order valence-corrected chi connectivity index (χ4v) is 5.55. The number of nitrogens with one attached hydrogen (secondary N) is 1. The molecule has 0 saturated carbocycles. The van der Waals surface area contributed by atoms with E-state index in [0.29, 0.717) is 15.7 Å². The fraction of sp³-hybridized carbons (Fsp3) is 0.571. The molecule has 0 aliphatic carbocycles. The van der Waals surface area contributed by atoms with Crippen LogP contribution in [0.4, 0.5) is 4.39 Å². The minimum atomic E-state index is -0.377. The standard InChI is InChI=1S/C14H20ClFN2S2/c1-8-9(2)20-14(7-19-8)13(18-17)6-10-3-4-12(16)11(15)5-10/h3-5,8-9,13-14,18H,6-7,17H2,1-2H3. The van der Waals surface area contributed by atoms with Gasteiger partial charge in [-0.25, -0.2) is 4.39 Å². The lowest BCUT2D eigenvalue weighted by atomic mass is 10.0. The highest BCUT2D eigenvalue weighted by Crippen LogP contribution is 2.37. The van der Waals surface area contributed by atoms with Crippen LogP contribution in [0.5, 0.6) is 0 Å². The van der Waals surface area contributed by atoms with E-state index in [-0.39, 0.29) is 16.9 Å². The second kappa shape index (κ2) is 7.36. The zero-order valence-electron chi connectivity index (χ0n) is 11.6. The largest absolute Gasteiger partial charge is 0.271 e. The first-order valence-corrected chi connectivity index (χ1v) is 9.05. The predicted octanol–water partition coefficient (Wildman–Crippen LogP) is 3.48. The molecule has 0 amide bonds. The van der Waals surface area contributed by atoms with Crippen molar-refractivity contribution >= 4 is 35.1 Å². The molecule has 4 unspecified atom stereocenters. The first-order valence-electron chi connectivity index (χ1n) is 6.68. The summed E-state index contributed by atoms with van der Waals surface area (Å²) in [7, 11) is 0. The molecule has 1 aromatic rings. The maximum atomic E-state index is 13.2. The molecule has 2 nitrogen and oxygen atoms in total. The fourth-order valence-electron chi connectivity index (χ4n) is 2.24. The van der Waals surface area contributed by atoms with E-state index in [0.717, 1.165) is 17.7 Å². The number of hydrogen-bond acceptors (Lipinski definition) is 4. The highest BCUT2D eigenvalue weighted by Gasteiger charge is 2.30. The third-order valence-corrected chi connectivity index (χ3v) is 7.52. The van der Waals surface area contributed by atoms with E-state index in [9.17, 15) is 4.39 Å². The molecule has 1 fully saturated rings. The zero-order chi connectivity index (χ0) is 14.7. The van der Waals surface area contributed by atoms with Crippen molar-refractivity contribution in [3.05, 3.63) is 34.6 Å². The van der Waals surface area contributed by atoms with Gasteiger partial charge in [-0.15, -0.1) is 0 Å². The van der Waals surface area contributed by atoms with Crippen LogP contribution < -0.4 is 11.3 Å². The van der Waals surface area contributed by atoms with Crippen molar-refractivity contribution in [3.63, 3.8) is 0 Å². The molecule has 0 radical (unpaired) electrons. The molecule has 0 bridgehead atoms. The van der Waals surface area contributed by atoms with Gasteiger partial charge in [0.2, 0.25) is 0 Å². The summed E-state index contributed by atoms with van der Waals surface area (Å²) in [5, 5.41) is 1.92. The first-order chi connectivity index (χ1) is 9.51. The van der Waals surface area contributed by atoms with Crippen LogP contribution in [-0.4, -0.2) is 27.5 Å². The van der Waals surface area contributed by atoms with Crippen LogP contribution >= 0.6 is 35.1 Å². The number of thioether (sulfide) groups is 2. The Morgan fingerprint density at radius 3 is 2.80 bits per heavy atom. The second-order valence-electron chi connectivity index (χ2n) is 5.14. The van der Waals surface area contributed by atoms with E-state index in [2.05, 4.69) is 19.3 Å². The topological polar surface area (TPSA) is 38.0 Å². The van der Waals surface area contributed by atoms with Crippen molar-refractivity contribution in [2.75, 3.05) is 5.75 Å². The molecule has 4 atom stereocenters. The van der Waals surface area contributed by atoms with Crippen molar-refractivity contribution in [1.29, 1.82) is 0 Å². The van der Waals surface area contributed by atoms with Gasteiger partial charge in [0.05, 0.1) is 5.02 Å². The smallest absolute Gasteiger partial charge is 0.141 e. The average molecular weight is 335 g/mol. The Hall–Kier alpha value is 0.0600. The summed E-state index contributed by atoms with van der Waals surface area (Å²) in [5.74, 6) is 6.43. The van der Waals surface area contributed by atoms with Crippen LogP contribution in [0.1, 0.15) is 19.4 Å². The highest BCUT2D eigenvalue weighted by molar-refractivity contribution is 8.07. The molecule has 0 aromatic heterocycles. The molecule has 112 valence electrons. The maximum absolute atomic E-state index is 13.2. The number of rotatable bonds is 4. The van der Waals surface area contributed by atoms with Crippen LogP contribution in [0.3, 0.4) is 0 Å². The minimum absolute atomic E-state index is 0.170. The molecule has 20 heavy (non-hydrogen) atoms. The average Bonchev–Trinajstić information content (AvgIpc) is 2.43. The van der Waals surface area contributed by atoms with E-state index in [4.69, 9.17) is 17.4 Å². The summed E-state index contributed by atoms with van der Waals surface area (Å²) in [6.07, 6.45) is 0.760. The Kier molecular flexibility index (Phi) is 6.05. The lowest BCUT2D eigenvalue weighted by Gasteiger charge is -2.35. The molecule has 1 heterocycles. The van der Waals surface area contributed by atoms with E-state index in [1.807, 2.05) is 23.5 Å². The summed E-state index contributed by atoms with van der Waals surface area (Å²) in [4.78, 5) is 0. The Morgan fingerprint density at radius 1 is 1.45 bits per heavy atom. The van der Waals surface area contributed by atoms with Crippen molar-refractivity contribution in [2.24, 2.45) is 5.84 Å². The van der Waals surface area contributed by atoms with Crippen LogP contribution in [0, 0.1) is 5.82 Å². The van der Waals surface area contributed by atoms with Crippen LogP contribution in [0.25, 0.3) is 0 Å². The molecule has 1 aliphatic rings. The van der Waals surface area contributed by atoms with E-state index < -0.39 is 0 Å². The zero-order valence-corrected chi connectivity index (χ0v) is 14.0. The van der Waals surface area contributed by atoms with Gasteiger partial charge in [0.15, 0.2) is 0 Å². The molecule has 0 spiro atoms. The van der Waals surface area contributed by atoms with Crippen molar-refractivity contribution in [3.8, 4) is 0 Å². The summed E-state index contributed by atoms with van der Waals surface area (Å²) in [6.45, 7) is 4.53. The Balaban J connectivity index is 2.03. The first kappa shape index (κ1) is 16.4. The Bertz CT molecular complexity index is 461. The van der Waals surface area contributed by atoms with Gasteiger partial charge in [0, 0.05) is 27.5 Å². The molecule has 1 aromatic carbocycles. The van der Waals surface area contributed by atoms with Gasteiger partial charge in [0.1, 0.15) is 5.82 Å². The van der Waals surface area contributed by atoms with Gasteiger partial charge in [0.25, 0.3) is 0 Å². The minimum Gasteiger partial charge on any atom is -0.271 e. The molecule has 6 heteroatoms. The second-order valence-corrected chi connectivity index (χ2v) is 8.58. The molecule has 1 saturated heterocycles. The van der Waals surface area contributed by atoms with Crippen LogP contribution in [0.15, 0.2) is 18.2 Å². The molecule has 1 aliphatic heterocycles. The van der Waals surface area contributed by atoms with E-state index in [1.54, 1.807) is 12.1 Å². The molecular formula is C14H20ClFN2S2. The van der Waals surface area contributed by atoms with Gasteiger partial charge in [-0.1, -0.05) is 31.5 Å². The number of hydrogen-bond donors (Lipinski definition) is 2. The van der Waals surface area contributed by atoms with Gasteiger partial charge in [-0.3, -0.25) is 11.3 Å². The third-order valence-electron chi connectivity index (χ3n) is 3.68. The lowest BCUT2D eigenvalue weighted by molar-refractivity contribution is 0.520. The van der Waals surface area contributed by atoms with Crippen molar-refractivity contribution in [2.45, 2.75) is 42.1 Å². The Morgan fingerprint density at radius 2 is 2.20 bits per heavy atom. The third kappa shape index (κ3) is 4.04. The van der Waals surface area contributed by atoms with E-state index in [1.165, 1.54) is 6.07 Å². The lowest BCUT2D eigenvalue weighted by Crippen LogP contribution is -2.47. The van der Waals surface area contributed by atoms with Gasteiger partial charge in [-0.2, -0.15) is 23.5 Å². The summed E-state index contributed by atoms with van der Waals surface area (Å²) in [6, 6.07) is 5.05. The van der Waals surface area contributed by atoms with Crippen LogP contribution in [0.2, 0.25) is 5.02 Å².